The molecule has 1 atom stereocenters. The quantitative estimate of drug-likeness (QED) is 0.500. The van der Waals surface area contributed by atoms with E-state index in [1.54, 1.807) is 0 Å². The highest BCUT2D eigenvalue weighted by Crippen LogP contribution is 1.99. The summed E-state index contributed by atoms with van der Waals surface area (Å²) in [5.74, 6) is -3.18. The van der Waals surface area contributed by atoms with E-state index in [1.165, 1.54) is 0 Å². The van der Waals surface area contributed by atoms with E-state index >= 15 is 0 Å². The average Bonchev–Trinajstić information content (AvgIpc) is 1.64. The van der Waals surface area contributed by atoms with Crippen LogP contribution in [0.4, 0.5) is 0 Å². The smallest absolute Gasteiger partial charge is 0.316 e. The molecule has 1 amide bonds. The summed E-state index contributed by atoms with van der Waals surface area (Å²) >= 11 is 0. The van der Waals surface area contributed by atoms with Gasteiger partial charge in [-0.2, -0.15) is 0 Å². The summed E-state index contributed by atoms with van der Waals surface area (Å²) in [6, 6.07) is 0. The zero-order valence-corrected chi connectivity index (χ0v) is 4.83. The van der Waals surface area contributed by atoms with E-state index in [9.17, 15) is 9.59 Å². The van der Waals surface area contributed by atoms with E-state index in [-0.39, 0.29) is 6.42 Å². The summed E-state index contributed by atoms with van der Waals surface area (Å²) in [6.07, 6.45) is 0.00463. The molecule has 0 bridgehead atoms. The molecule has 0 saturated heterocycles. The third kappa shape index (κ3) is 2.12. The van der Waals surface area contributed by atoms with E-state index < -0.39 is 17.8 Å². The molecule has 9 heavy (non-hydrogen) atoms. The van der Waals surface area contributed by atoms with Crippen molar-refractivity contribution < 1.29 is 14.7 Å². The molecule has 4 nitrogen and oxygen atoms in total. The minimum absolute atomic E-state index is 0.00463. The number of carbonyl (C=O) groups is 2. The maximum absolute atomic E-state index is 10.2. The average molecular weight is 130 g/mol. The second kappa shape index (κ2) is 3.06. The molecule has 0 aliphatic heterocycles. The highest BCUT2D eigenvalue weighted by molar-refractivity contribution is 5.95. The first-order chi connectivity index (χ1) is 4.09. The molecule has 0 aliphatic rings. The van der Waals surface area contributed by atoms with Gasteiger partial charge in [-0.25, -0.2) is 0 Å². The predicted octanol–water partition coefficient (Wildman–Crippen LogP) is -0.603. The fraction of sp³-hybridized carbons (Fsp3) is 0.400. The van der Waals surface area contributed by atoms with Crippen LogP contribution in [0.25, 0.3) is 0 Å². The number of nitrogens with two attached hydrogens (primary N) is 1. The van der Waals surface area contributed by atoms with E-state index in [0.29, 0.717) is 0 Å². The summed E-state index contributed by atoms with van der Waals surface area (Å²) in [4.78, 5) is 20.2. The Morgan fingerprint density at radius 1 is 1.67 bits per heavy atom. The lowest BCUT2D eigenvalue weighted by molar-refractivity contribution is -0.145. The molecule has 0 heterocycles. The maximum atomic E-state index is 10.2. The van der Waals surface area contributed by atoms with Crippen molar-refractivity contribution in [1.82, 2.24) is 0 Å². The molecular formula is C5H8NO3. The fourth-order valence-electron chi connectivity index (χ4n) is 0.387. The minimum atomic E-state index is -1.21. The number of hydrogen-bond acceptors (Lipinski definition) is 2. The van der Waals surface area contributed by atoms with E-state index in [2.05, 4.69) is 12.7 Å². The van der Waals surface area contributed by atoms with Crippen LogP contribution in [0.1, 0.15) is 6.42 Å². The molecule has 0 fully saturated rings. The largest absolute Gasteiger partial charge is 0.481 e. The van der Waals surface area contributed by atoms with Gasteiger partial charge in [-0.05, 0) is 6.42 Å². The summed E-state index contributed by atoms with van der Waals surface area (Å²) in [6.45, 7) is 3.25. The number of primary amides is 1. The van der Waals surface area contributed by atoms with Crippen LogP contribution >= 0.6 is 0 Å². The molecule has 0 aromatic rings. The molecular weight excluding hydrogens is 122 g/mol. The summed E-state index contributed by atoms with van der Waals surface area (Å²) in [5.41, 5.74) is 4.69. The van der Waals surface area contributed by atoms with Gasteiger partial charge in [0.1, 0.15) is 5.92 Å². The van der Waals surface area contributed by atoms with Crippen molar-refractivity contribution in [2.24, 2.45) is 11.7 Å². The van der Waals surface area contributed by atoms with E-state index in [4.69, 9.17) is 5.11 Å². The molecule has 0 aromatic carbocycles. The molecule has 1 radical (unpaired) electrons. The second-order valence-corrected chi connectivity index (χ2v) is 1.58. The van der Waals surface area contributed by atoms with Gasteiger partial charge >= 0.3 is 5.97 Å². The Hall–Kier alpha value is -1.06. The third-order valence-electron chi connectivity index (χ3n) is 0.930. The Balaban J connectivity index is 3.99. The normalized spacial score (nSPS) is 12.6. The standard InChI is InChI=1S/C5H8NO3/c1-2-3(4(6)7)5(8)9/h3H,1-2H2,(H2,6,7)(H,8,9). The zero-order valence-electron chi connectivity index (χ0n) is 4.83. The number of carboxylic acids is 1. The first-order valence-electron chi connectivity index (χ1n) is 2.41. The van der Waals surface area contributed by atoms with Crippen LogP contribution in [0.5, 0.6) is 0 Å². The molecule has 51 valence electrons. The third-order valence-corrected chi connectivity index (χ3v) is 0.930. The molecule has 3 N–H and O–H groups in total. The number of carbonyl (C=O) groups excluding carboxylic acids is 1. The fourth-order valence-corrected chi connectivity index (χ4v) is 0.387. The maximum Gasteiger partial charge on any atom is 0.316 e. The van der Waals surface area contributed by atoms with Gasteiger partial charge < -0.3 is 10.8 Å². The van der Waals surface area contributed by atoms with Crippen molar-refractivity contribution in [3.63, 3.8) is 0 Å². The van der Waals surface area contributed by atoms with E-state index in [1.807, 2.05) is 0 Å². The van der Waals surface area contributed by atoms with E-state index in [0.717, 1.165) is 0 Å². The zero-order chi connectivity index (χ0) is 7.44. The van der Waals surface area contributed by atoms with Crippen molar-refractivity contribution in [1.29, 1.82) is 0 Å². The number of hydrogen-bond donors (Lipinski definition) is 2. The first kappa shape index (κ1) is 7.94. The Labute approximate surface area is 52.7 Å². The van der Waals surface area contributed by atoms with Crippen LogP contribution < -0.4 is 5.73 Å². The SMILES string of the molecule is [CH2]CC(C(N)=O)C(=O)O. The molecule has 0 spiro atoms. The van der Waals surface area contributed by atoms with Gasteiger partial charge in [-0.1, -0.05) is 6.92 Å². The van der Waals surface area contributed by atoms with Crippen LogP contribution in [0.2, 0.25) is 0 Å². The molecule has 0 aromatic heterocycles. The number of rotatable bonds is 3. The highest BCUT2D eigenvalue weighted by atomic mass is 16.4. The number of carboxylic acid groups (broad SMARTS) is 1. The predicted molar refractivity (Wildman–Crippen MR) is 30.3 cm³/mol. The number of amides is 1. The molecule has 4 heteroatoms. The van der Waals surface area contributed by atoms with Crippen molar-refractivity contribution in [3.05, 3.63) is 6.92 Å². The highest BCUT2D eigenvalue weighted by Gasteiger charge is 2.20. The summed E-state index contributed by atoms with van der Waals surface area (Å²) < 4.78 is 0. The number of aliphatic carboxylic acids is 1. The van der Waals surface area contributed by atoms with Crippen molar-refractivity contribution in [2.45, 2.75) is 6.42 Å². The lowest BCUT2D eigenvalue weighted by atomic mass is 10.1. The van der Waals surface area contributed by atoms with Crippen LogP contribution in [0.15, 0.2) is 0 Å². The van der Waals surface area contributed by atoms with Gasteiger partial charge in [0.25, 0.3) is 0 Å². The van der Waals surface area contributed by atoms with Gasteiger partial charge in [0, 0.05) is 0 Å². The van der Waals surface area contributed by atoms with Crippen LogP contribution in [0, 0.1) is 12.8 Å². The van der Waals surface area contributed by atoms with Gasteiger partial charge in [0.15, 0.2) is 0 Å². The monoisotopic (exact) mass is 130 g/mol. The van der Waals surface area contributed by atoms with Gasteiger partial charge in [0.05, 0.1) is 0 Å². The van der Waals surface area contributed by atoms with Gasteiger partial charge in [0.2, 0.25) is 5.91 Å². The summed E-state index contributed by atoms with van der Waals surface area (Å²) in [5, 5.41) is 8.20. The molecule has 0 saturated carbocycles. The van der Waals surface area contributed by atoms with Crippen molar-refractivity contribution in [2.75, 3.05) is 0 Å². The van der Waals surface area contributed by atoms with Crippen molar-refractivity contribution >= 4 is 11.9 Å². The van der Waals surface area contributed by atoms with Crippen molar-refractivity contribution in [3.8, 4) is 0 Å². The summed E-state index contributed by atoms with van der Waals surface area (Å²) in [7, 11) is 0. The van der Waals surface area contributed by atoms with Gasteiger partial charge in [-0.15, -0.1) is 0 Å². The van der Waals surface area contributed by atoms with Crippen LogP contribution in [-0.2, 0) is 9.59 Å². The second-order valence-electron chi connectivity index (χ2n) is 1.58. The molecule has 0 aliphatic carbocycles. The lowest BCUT2D eigenvalue weighted by Crippen LogP contribution is -2.29. The lowest BCUT2D eigenvalue weighted by Gasteiger charge is -2.01. The minimum Gasteiger partial charge on any atom is -0.481 e. The molecule has 1 unspecified atom stereocenters. The van der Waals surface area contributed by atoms with Crippen LogP contribution in [-0.4, -0.2) is 17.0 Å². The Kier molecular flexibility index (Phi) is 2.70. The first-order valence-corrected chi connectivity index (χ1v) is 2.41. The Morgan fingerprint density at radius 2 is 2.11 bits per heavy atom. The topological polar surface area (TPSA) is 80.4 Å². The van der Waals surface area contributed by atoms with Gasteiger partial charge in [-0.3, -0.25) is 9.59 Å². The van der Waals surface area contributed by atoms with Crippen LogP contribution in [0.3, 0.4) is 0 Å². The molecule has 0 rings (SSSR count). The Morgan fingerprint density at radius 3 is 2.11 bits per heavy atom. The Bertz CT molecular complexity index is 118.